The van der Waals surface area contributed by atoms with E-state index in [1.807, 2.05) is 45.4 Å². The maximum absolute atomic E-state index is 12.8. The van der Waals surface area contributed by atoms with Crippen LogP contribution in [0.25, 0.3) is 0 Å². The third kappa shape index (κ3) is 41.3. The number of carboxylic acid groups (broad SMARTS) is 1. The van der Waals surface area contributed by atoms with E-state index in [9.17, 15) is 19.5 Å². The quantitative estimate of drug-likeness (QED) is 0.0215. The molecule has 0 aromatic carbocycles. The standard InChI is InChI=1S/C54H87NO7/c1-6-8-10-12-14-16-18-20-22-23-24-25-26-27-28-29-31-33-35-37-39-41-43-45-53(57)62-50(48-60-47-46-51(54(58)59)55(3,4)5)49-61-52(56)44-42-40-38-36-34-32-30-21-19-17-15-13-11-9-7-2/h8-11,13-17,19-22,24-25,27-28,30,50-51H,6-7,12,18,23,26,29,31-49H2,1-5H3/p+1/b10-8+,11-9+,15-13+,16-14+,19-17+,22-20+,25-24+,28-27+,30-21+. The minimum Gasteiger partial charge on any atom is -0.477 e. The van der Waals surface area contributed by atoms with Crippen LogP contribution in [0.15, 0.2) is 109 Å². The second kappa shape index (κ2) is 43.6. The highest BCUT2D eigenvalue weighted by molar-refractivity contribution is 5.72. The summed E-state index contributed by atoms with van der Waals surface area (Å²) < 4.78 is 17.3. The lowest BCUT2D eigenvalue weighted by Crippen LogP contribution is -2.50. The van der Waals surface area contributed by atoms with Crippen molar-refractivity contribution in [3.8, 4) is 0 Å². The first-order valence-corrected chi connectivity index (χ1v) is 24.0. The lowest BCUT2D eigenvalue weighted by atomic mass is 10.1. The van der Waals surface area contributed by atoms with Gasteiger partial charge >= 0.3 is 17.9 Å². The normalized spacial score (nSPS) is 13.9. The van der Waals surface area contributed by atoms with Gasteiger partial charge in [0.05, 0.1) is 34.4 Å². The van der Waals surface area contributed by atoms with Gasteiger partial charge in [-0.05, 0) is 77.0 Å². The fraction of sp³-hybridized carbons (Fsp3) is 0.611. The van der Waals surface area contributed by atoms with Crippen LogP contribution in [0.3, 0.4) is 0 Å². The Hall–Kier alpha value is -4.01. The number of nitrogens with zero attached hydrogens (tertiary/aromatic N) is 1. The minimum absolute atomic E-state index is 0.0410. The summed E-state index contributed by atoms with van der Waals surface area (Å²) in [5, 5.41) is 9.64. The molecular weight excluding hydrogens is 775 g/mol. The van der Waals surface area contributed by atoms with Crippen LogP contribution in [0.4, 0.5) is 0 Å². The van der Waals surface area contributed by atoms with Crippen molar-refractivity contribution in [2.24, 2.45) is 0 Å². The second-order valence-corrected chi connectivity index (χ2v) is 16.7. The molecule has 0 saturated carbocycles. The fourth-order valence-electron chi connectivity index (χ4n) is 6.36. The molecule has 62 heavy (non-hydrogen) atoms. The molecule has 0 saturated heterocycles. The third-order valence-electron chi connectivity index (χ3n) is 10.0. The largest absolute Gasteiger partial charge is 0.477 e. The Morgan fingerprint density at radius 1 is 0.500 bits per heavy atom. The Morgan fingerprint density at radius 2 is 0.935 bits per heavy atom. The molecule has 0 amide bonds. The predicted octanol–water partition coefficient (Wildman–Crippen LogP) is 13.6. The number of esters is 2. The maximum Gasteiger partial charge on any atom is 0.362 e. The molecule has 0 heterocycles. The number of carbonyl (C=O) groups is 3. The van der Waals surface area contributed by atoms with Gasteiger partial charge in [-0.1, -0.05) is 175 Å². The Balaban J connectivity index is 4.36. The van der Waals surface area contributed by atoms with Crippen LogP contribution in [-0.2, 0) is 28.6 Å². The number of ether oxygens (including phenoxy) is 3. The van der Waals surface area contributed by atoms with Gasteiger partial charge in [-0.15, -0.1) is 0 Å². The molecule has 0 aromatic rings. The van der Waals surface area contributed by atoms with Crippen LogP contribution in [0, 0.1) is 0 Å². The van der Waals surface area contributed by atoms with Crippen molar-refractivity contribution in [2.45, 2.75) is 174 Å². The first kappa shape index (κ1) is 58.0. The van der Waals surface area contributed by atoms with E-state index in [1.54, 1.807) is 0 Å². The van der Waals surface area contributed by atoms with Crippen LogP contribution in [0.2, 0.25) is 0 Å². The Morgan fingerprint density at radius 3 is 1.45 bits per heavy atom. The summed E-state index contributed by atoms with van der Waals surface area (Å²) in [6.07, 6.45) is 59.9. The molecular formula is C54H88NO7+. The Bertz CT molecular complexity index is 1370. The van der Waals surface area contributed by atoms with Crippen LogP contribution >= 0.6 is 0 Å². The maximum atomic E-state index is 12.8. The highest BCUT2D eigenvalue weighted by Gasteiger charge is 2.31. The number of rotatable bonds is 41. The lowest BCUT2D eigenvalue weighted by Gasteiger charge is -2.31. The number of unbranched alkanes of at least 4 members (excludes halogenated alkanes) is 12. The smallest absolute Gasteiger partial charge is 0.362 e. The summed E-state index contributed by atoms with van der Waals surface area (Å²) in [4.78, 5) is 37.1. The summed E-state index contributed by atoms with van der Waals surface area (Å²) >= 11 is 0. The van der Waals surface area contributed by atoms with Crippen molar-refractivity contribution in [1.29, 1.82) is 0 Å². The minimum atomic E-state index is -0.886. The van der Waals surface area contributed by atoms with E-state index in [0.717, 1.165) is 109 Å². The molecule has 1 N–H and O–H groups in total. The molecule has 0 spiro atoms. The van der Waals surface area contributed by atoms with E-state index >= 15 is 0 Å². The average molecular weight is 863 g/mol. The van der Waals surface area contributed by atoms with E-state index < -0.39 is 18.1 Å². The molecule has 0 bridgehead atoms. The molecule has 0 aliphatic heterocycles. The number of hydrogen-bond donors (Lipinski definition) is 1. The Labute approximate surface area is 378 Å². The predicted molar refractivity (Wildman–Crippen MR) is 261 cm³/mol. The van der Waals surface area contributed by atoms with Gasteiger partial charge in [0.15, 0.2) is 12.1 Å². The van der Waals surface area contributed by atoms with E-state index in [-0.39, 0.29) is 36.2 Å². The molecule has 350 valence electrons. The molecule has 0 aromatic heterocycles. The Kier molecular flexibility index (Phi) is 40.8. The molecule has 0 rings (SSSR count). The van der Waals surface area contributed by atoms with E-state index in [1.165, 1.54) is 19.3 Å². The van der Waals surface area contributed by atoms with Gasteiger partial charge in [-0.25, -0.2) is 4.79 Å². The van der Waals surface area contributed by atoms with Crippen molar-refractivity contribution in [3.63, 3.8) is 0 Å². The number of quaternary nitrogens is 1. The molecule has 0 aliphatic carbocycles. The van der Waals surface area contributed by atoms with Crippen LogP contribution in [0.5, 0.6) is 0 Å². The van der Waals surface area contributed by atoms with Gasteiger partial charge < -0.3 is 23.8 Å². The molecule has 2 unspecified atom stereocenters. The molecule has 8 nitrogen and oxygen atoms in total. The van der Waals surface area contributed by atoms with Gasteiger partial charge in [0.25, 0.3) is 0 Å². The van der Waals surface area contributed by atoms with Crippen molar-refractivity contribution in [1.82, 2.24) is 0 Å². The number of hydrogen-bond acceptors (Lipinski definition) is 6. The third-order valence-corrected chi connectivity index (χ3v) is 10.0. The summed E-state index contributed by atoms with van der Waals surface area (Å²) in [6.45, 7) is 4.43. The molecule has 2 atom stereocenters. The summed E-state index contributed by atoms with van der Waals surface area (Å²) in [7, 11) is 5.51. The molecule has 0 radical (unpaired) electrons. The van der Waals surface area contributed by atoms with E-state index in [0.29, 0.717) is 19.3 Å². The number of carbonyl (C=O) groups excluding carboxylic acids is 2. The number of allylic oxidation sites excluding steroid dienone is 18. The van der Waals surface area contributed by atoms with Crippen molar-refractivity contribution in [2.75, 3.05) is 41.0 Å². The zero-order valence-corrected chi connectivity index (χ0v) is 39.8. The fourth-order valence-corrected chi connectivity index (χ4v) is 6.36. The second-order valence-electron chi connectivity index (χ2n) is 16.7. The monoisotopic (exact) mass is 863 g/mol. The first-order chi connectivity index (χ1) is 30.1. The van der Waals surface area contributed by atoms with E-state index in [4.69, 9.17) is 14.2 Å². The highest BCUT2D eigenvalue weighted by atomic mass is 16.6. The van der Waals surface area contributed by atoms with Gasteiger partial charge in [0.1, 0.15) is 6.61 Å². The number of likely N-dealkylation sites (N-methyl/N-ethyl adjacent to an activating group) is 1. The van der Waals surface area contributed by atoms with Crippen molar-refractivity contribution < 1.29 is 38.2 Å². The zero-order chi connectivity index (χ0) is 45.6. The average Bonchev–Trinajstić information content (AvgIpc) is 3.23. The van der Waals surface area contributed by atoms with E-state index in [2.05, 4.69) is 98.9 Å². The van der Waals surface area contributed by atoms with Gasteiger partial charge in [0, 0.05) is 19.3 Å². The number of carboxylic acids is 1. The van der Waals surface area contributed by atoms with Crippen molar-refractivity contribution >= 4 is 17.9 Å². The summed E-state index contributed by atoms with van der Waals surface area (Å²) in [5.74, 6) is -1.53. The van der Waals surface area contributed by atoms with Gasteiger partial charge in [-0.3, -0.25) is 9.59 Å². The van der Waals surface area contributed by atoms with Crippen LogP contribution < -0.4 is 0 Å². The molecule has 0 aliphatic rings. The highest BCUT2D eigenvalue weighted by Crippen LogP contribution is 2.13. The van der Waals surface area contributed by atoms with Gasteiger partial charge in [0.2, 0.25) is 0 Å². The first-order valence-electron chi connectivity index (χ1n) is 24.0. The zero-order valence-electron chi connectivity index (χ0n) is 39.8. The van der Waals surface area contributed by atoms with Crippen molar-refractivity contribution in [3.05, 3.63) is 109 Å². The summed E-state index contributed by atoms with van der Waals surface area (Å²) in [6, 6.07) is -0.628. The van der Waals surface area contributed by atoms with Crippen LogP contribution in [0.1, 0.15) is 162 Å². The topological polar surface area (TPSA) is 99.1 Å². The number of aliphatic carboxylic acids is 1. The van der Waals surface area contributed by atoms with Crippen LogP contribution in [-0.4, -0.2) is 80.6 Å². The SMILES string of the molecule is CC/C=C/C=C/C=C/C=C/CCCCCCCC(=O)OCC(COCCC(C(=O)O)[N+](C)(C)C)OC(=O)CCCCCCCCC/C=C/C/C=C/C/C=C/C/C=C/C/C=C/CC. The molecule has 0 fully saturated rings. The summed E-state index contributed by atoms with van der Waals surface area (Å²) in [5.41, 5.74) is 0. The lowest BCUT2D eigenvalue weighted by molar-refractivity contribution is -0.887. The van der Waals surface area contributed by atoms with Gasteiger partial charge in [-0.2, -0.15) is 0 Å². The molecule has 8 heteroatoms.